The van der Waals surface area contributed by atoms with Crippen molar-refractivity contribution in [2.24, 2.45) is 0 Å². The number of allylic oxidation sites excluding steroid dienone is 4. The molecule has 9 nitrogen and oxygen atoms in total. The molecule has 0 fully saturated rings. The molecule has 54 heavy (non-hydrogen) atoms. The third-order valence-corrected chi connectivity index (χ3v) is 10.4. The maximum atomic E-state index is 12.7. The number of esters is 2. The molecule has 0 spiro atoms. The normalized spacial score (nSPS) is 13.8. The highest BCUT2D eigenvalue weighted by Gasteiger charge is 2.21. The summed E-state index contributed by atoms with van der Waals surface area (Å²) in [5, 5.41) is 0. The zero-order chi connectivity index (χ0) is 40.0. The summed E-state index contributed by atoms with van der Waals surface area (Å²) in [5.41, 5.74) is 0. The molecule has 0 radical (unpaired) electrons. The third kappa shape index (κ3) is 40.2. The fourth-order valence-electron chi connectivity index (χ4n) is 5.94. The van der Waals surface area contributed by atoms with Crippen molar-refractivity contribution < 1.29 is 42.1 Å². The highest BCUT2D eigenvalue weighted by molar-refractivity contribution is 7.45. The van der Waals surface area contributed by atoms with Crippen molar-refractivity contribution in [1.82, 2.24) is 0 Å². The van der Waals surface area contributed by atoms with E-state index in [1.165, 1.54) is 89.9 Å². The van der Waals surface area contributed by atoms with Gasteiger partial charge in [0, 0.05) is 12.8 Å². The summed E-state index contributed by atoms with van der Waals surface area (Å²) in [6.07, 6.45) is 39.1. The standard InChI is InChI=1S/C44H84NO8P/c1-6-8-10-12-14-16-18-20-22-24-26-28-30-32-34-36-43(46)50-40-42(41-52-54(48,49)51-39-38-45(3,4)5)53-44(47)37-35-33-31-29-27-25-23-21-19-17-15-13-11-9-7-2/h20-23,42H,6-19,24-41H2,1-5H3/b22-20-,23-21-/t42-/m0/s1. The fraction of sp³-hybridized carbons (Fsp3) is 0.864. The molecule has 0 heterocycles. The van der Waals surface area contributed by atoms with Crippen LogP contribution in [-0.4, -0.2) is 70.0 Å². The van der Waals surface area contributed by atoms with E-state index >= 15 is 0 Å². The lowest BCUT2D eigenvalue weighted by molar-refractivity contribution is -0.870. The van der Waals surface area contributed by atoms with Gasteiger partial charge in [0.25, 0.3) is 7.82 Å². The van der Waals surface area contributed by atoms with Crippen LogP contribution in [0.3, 0.4) is 0 Å². The molecule has 0 rings (SSSR count). The average Bonchev–Trinajstić information content (AvgIpc) is 3.12. The van der Waals surface area contributed by atoms with Crippen molar-refractivity contribution in [2.75, 3.05) is 47.5 Å². The Morgan fingerprint density at radius 1 is 0.556 bits per heavy atom. The van der Waals surface area contributed by atoms with Crippen molar-refractivity contribution in [3.63, 3.8) is 0 Å². The van der Waals surface area contributed by atoms with E-state index in [4.69, 9.17) is 18.5 Å². The predicted molar refractivity (Wildman–Crippen MR) is 222 cm³/mol. The number of phosphoric acid groups is 1. The van der Waals surface area contributed by atoms with E-state index in [9.17, 15) is 19.0 Å². The maximum Gasteiger partial charge on any atom is 0.306 e. The van der Waals surface area contributed by atoms with E-state index in [1.807, 2.05) is 21.1 Å². The molecule has 0 aromatic rings. The summed E-state index contributed by atoms with van der Waals surface area (Å²) in [6.45, 7) is 4.20. The molecule has 0 aromatic carbocycles. The number of likely N-dealkylation sites (N-methyl/N-ethyl adjacent to an activating group) is 1. The van der Waals surface area contributed by atoms with E-state index < -0.39 is 32.5 Å². The van der Waals surface area contributed by atoms with Crippen molar-refractivity contribution in [3.8, 4) is 0 Å². The molecule has 1 unspecified atom stereocenters. The van der Waals surface area contributed by atoms with Gasteiger partial charge in [-0.15, -0.1) is 0 Å². The van der Waals surface area contributed by atoms with Gasteiger partial charge in [0.05, 0.1) is 27.7 Å². The van der Waals surface area contributed by atoms with E-state index in [0.29, 0.717) is 17.4 Å². The molecule has 0 saturated heterocycles. The summed E-state index contributed by atoms with van der Waals surface area (Å²) < 4.78 is 33.9. The molecule has 0 aromatic heterocycles. The summed E-state index contributed by atoms with van der Waals surface area (Å²) in [7, 11) is 1.16. The molecule has 10 heteroatoms. The molecule has 2 atom stereocenters. The first-order valence-corrected chi connectivity index (χ1v) is 23.5. The van der Waals surface area contributed by atoms with Crippen LogP contribution < -0.4 is 4.89 Å². The quantitative estimate of drug-likeness (QED) is 0.0198. The minimum atomic E-state index is -4.62. The lowest BCUT2D eigenvalue weighted by Gasteiger charge is -2.28. The fourth-order valence-corrected chi connectivity index (χ4v) is 6.67. The van der Waals surface area contributed by atoms with E-state index in [0.717, 1.165) is 70.6 Å². The van der Waals surface area contributed by atoms with Crippen LogP contribution in [0.1, 0.15) is 194 Å². The first kappa shape index (κ1) is 52.5. The van der Waals surface area contributed by atoms with Gasteiger partial charge < -0.3 is 27.9 Å². The third-order valence-electron chi connectivity index (χ3n) is 9.44. The summed E-state index contributed by atoms with van der Waals surface area (Å²) in [5.74, 6) is -0.850. The Balaban J connectivity index is 4.38. The topological polar surface area (TPSA) is 111 Å². The van der Waals surface area contributed by atoms with Gasteiger partial charge in [0.15, 0.2) is 6.10 Å². The number of nitrogens with zero attached hydrogens (tertiary/aromatic N) is 1. The van der Waals surface area contributed by atoms with Gasteiger partial charge in [-0.2, -0.15) is 0 Å². The molecular formula is C44H84NO8P. The lowest BCUT2D eigenvalue weighted by atomic mass is 10.1. The molecular weight excluding hydrogens is 701 g/mol. The molecule has 0 N–H and O–H groups in total. The molecule has 0 aliphatic carbocycles. The van der Waals surface area contributed by atoms with Crippen molar-refractivity contribution in [2.45, 2.75) is 200 Å². The van der Waals surface area contributed by atoms with Crippen LogP contribution in [-0.2, 0) is 32.7 Å². The number of hydrogen-bond acceptors (Lipinski definition) is 8. The minimum Gasteiger partial charge on any atom is -0.756 e. The maximum absolute atomic E-state index is 12.7. The summed E-state index contributed by atoms with van der Waals surface area (Å²) in [4.78, 5) is 37.5. The Morgan fingerprint density at radius 2 is 0.944 bits per heavy atom. The Kier molecular flexibility index (Phi) is 36.1. The largest absolute Gasteiger partial charge is 0.756 e. The van der Waals surface area contributed by atoms with Crippen LogP contribution in [0.4, 0.5) is 0 Å². The van der Waals surface area contributed by atoms with Gasteiger partial charge in [0.2, 0.25) is 0 Å². The van der Waals surface area contributed by atoms with E-state index in [2.05, 4.69) is 38.2 Å². The number of hydrogen-bond donors (Lipinski definition) is 0. The Hall–Kier alpha value is -1.51. The zero-order valence-electron chi connectivity index (χ0n) is 35.7. The number of unbranched alkanes of at least 4 members (excludes halogenated alkanes) is 22. The highest BCUT2D eigenvalue weighted by atomic mass is 31.2. The van der Waals surface area contributed by atoms with Crippen molar-refractivity contribution in [3.05, 3.63) is 24.3 Å². The Morgan fingerprint density at radius 3 is 1.37 bits per heavy atom. The lowest BCUT2D eigenvalue weighted by Crippen LogP contribution is -2.37. The Bertz CT molecular complexity index is 980. The van der Waals surface area contributed by atoms with Gasteiger partial charge in [0.1, 0.15) is 19.8 Å². The van der Waals surface area contributed by atoms with Crippen molar-refractivity contribution in [1.29, 1.82) is 0 Å². The monoisotopic (exact) mass is 786 g/mol. The highest BCUT2D eigenvalue weighted by Crippen LogP contribution is 2.38. The van der Waals surface area contributed by atoms with Crippen molar-refractivity contribution >= 4 is 19.8 Å². The summed E-state index contributed by atoms with van der Waals surface area (Å²) >= 11 is 0. The molecule has 0 aliphatic rings. The number of ether oxygens (including phenoxy) is 2. The van der Waals surface area contributed by atoms with E-state index in [1.54, 1.807) is 0 Å². The average molecular weight is 786 g/mol. The molecule has 0 aliphatic heterocycles. The van der Waals surface area contributed by atoms with Crippen LogP contribution in [0, 0.1) is 0 Å². The molecule has 0 saturated carbocycles. The number of carbonyl (C=O) groups excluding carboxylic acids is 2. The van der Waals surface area contributed by atoms with Gasteiger partial charge in [-0.1, -0.05) is 141 Å². The van der Waals surface area contributed by atoms with Crippen LogP contribution in [0.15, 0.2) is 24.3 Å². The minimum absolute atomic E-state index is 0.0326. The first-order chi connectivity index (χ1) is 26.0. The van der Waals surface area contributed by atoms with Crippen LogP contribution in [0.5, 0.6) is 0 Å². The molecule has 318 valence electrons. The van der Waals surface area contributed by atoms with Crippen LogP contribution in [0.2, 0.25) is 0 Å². The SMILES string of the molecule is CCCCCCCC/C=C\CCCCCCCC(=O)OC[C@@H](COP(=O)([O-])OCC[N+](C)(C)C)OC(=O)CCCCCCC/C=C\CCCCCCCC. The van der Waals surface area contributed by atoms with Crippen LogP contribution >= 0.6 is 7.82 Å². The van der Waals surface area contributed by atoms with Gasteiger partial charge in [-0.25, -0.2) is 0 Å². The summed E-state index contributed by atoms with van der Waals surface area (Å²) in [6, 6.07) is 0. The zero-order valence-corrected chi connectivity index (χ0v) is 36.6. The second-order valence-corrected chi connectivity index (χ2v) is 17.5. The van der Waals surface area contributed by atoms with Gasteiger partial charge >= 0.3 is 11.9 Å². The predicted octanol–water partition coefficient (Wildman–Crippen LogP) is 11.7. The molecule has 0 amide bonds. The smallest absolute Gasteiger partial charge is 0.306 e. The second kappa shape index (κ2) is 37.1. The Labute approximate surface area is 332 Å². The number of quaternary nitrogens is 1. The number of rotatable bonds is 40. The van der Waals surface area contributed by atoms with Crippen LogP contribution in [0.25, 0.3) is 0 Å². The van der Waals surface area contributed by atoms with Gasteiger partial charge in [-0.3, -0.25) is 14.2 Å². The number of phosphoric ester groups is 1. The second-order valence-electron chi connectivity index (χ2n) is 16.1. The number of carbonyl (C=O) groups is 2. The molecule has 0 bridgehead atoms. The van der Waals surface area contributed by atoms with Gasteiger partial charge in [-0.05, 0) is 64.2 Å². The first-order valence-electron chi connectivity index (χ1n) is 22.0. The van der Waals surface area contributed by atoms with E-state index in [-0.39, 0.29) is 26.1 Å².